The molecule has 0 spiro atoms. The molecule has 0 aliphatic rings. The lowest BCUT2D eigenvalue weighted by atomic mass is 10.2. The Labute approximate surface area is 122 Å². The Balaban J connectivity index is 2.14. The number of ether oxygens (including phenoxy) is 1. The minimum atomic E-state index is -1.04. The van der Waals surface area contributed by atoms with Crippen LogP contribution in [0.5, 0.6) is 0 Å². The van der Waals surface area contributed by atoms with E-state index in [1.807, 2.05) is 41.8 Å². The SMILES string of the molecule is COC(=O)C(CO)NC(=O)Cn1c(C)cc2ccccc21. The fourth-order valence-electron chi connectivity index (χ4n) is 2.26. The summed E-state index contributed by atoms with van der Waals surface area (Å²) >= 11 is 0. The van der Waals surface area contributed by atoms with Crippen molar-refractivity contribution in [2.75, 3.05) is 13.7 Å². The number of carbonyl (C=O) groups is 2. The van der Waals surface area contributed by atoms with Crippen molar-refractivity contribution in [2.24, 2.45) is 0 Å². The second-order valence-corrected chi connectivity index (χ2v) is 4.76. The van der Waals surface area contributed by atoms with Crippen LogP contribution in [-0.4, -0.2) is 41.3 Å². The maximum absolute atomic E-state index is 12.0. The Morgan fingerprint density at radius 1 is 1.38 bits per heavy atom. The van der Waals surface area contributed by atoms with Crippen molar-refractivity contribution in [2.45, 2.75) is 19.5 Å². The monoisotopic (exact) mass is 290 g/mol. The van der Waals surface area contributed by atoms with Gasteiger partial charge in [0.15, 0.2) is 6.04 Å². The topological polar surface area (TPSA) is 80.6 Å². The van der Waals surface area contributed by atoms with Crippen molar-refractivity contribution in [3.05, 3.63) is 36.0 Å². The van der Waals surface area contributed by atoms with Crippen molar-refractivity contribution < 1.29 is 19.4 Å². The summed E-state index contributed by atoms with van der Waals surface area (Å²) in [6.45, 7) is 1.49. The lowest BCUT2D eigenvalue weighted by Gasteiger charge is -2.15. The molecule has 6 nitrogen and oxygen atoms in total. The third-order valence-corrected chi connectivity index (χ3v) is 3.32. The molecule has 1 aromatic heterocycles. The van der Waals surface area contributed by atoms with E-state index in [2.05, 4.69) is 10.1 Å². The highest BCUT2D eigenvalue weighted by atomic mass is 16.5. The number of hydrogen-bond acceptors (Lipinski definition) is 4. The third-order valence-electron chi connectivity index (χ3n) is 3.32. The van der Waals surface area contributed by atoms with Gasteiger partial charge in [0.05, 0.1) is 13.7 Å². The maximum Gasteiger partial charge on any atom is 0.330 e. The maximum atomic E-state index is 12.0. The number of fused-ring (bicyclic) bond motifs is 1. The van der Waals surface area contributed by atoms with Gasteiger partial charge in [-0.3, -0.25) is 4.79 Å². The molecule has 1 amide bonds. The van der Waals surface area contributed by atoms with Gasteiger partial charge in [0.1, 0.15) is 6.54 Å². The molecule has 0 aliphatic carbocycles. The minimum Gasteiger partial charge on any atom is -0.467 e. The second kappa shape index (κ2) is 6.41. The molecule has 0 radical (unpaired) electrons. The van der Waals surface area contributed by atoms with E-state index in [1.165, 1.54) is 7.11 Å². The van der Waals surface area contributed by atoms with Gasteiger partial charge in [-0.15, -0.1) is 0 Å². The number of para-hydroxylation sites is 1. The number of nitrogens with one attached hydrogen (secondary N) is 1. The molecule has 6 heteroatoms. The Hall–Kier alpha value is -2.34. The highest BCUT2D eigenvalue weighted by Gasteiger charge is 2.21. The van der Waals surface area contributed by atoms with Crippen LogP contribution < -0.4 is 5.32 Å². The Morgan fingerprint density at radius 3 is 2.76 bits per heavy atom. The van der Waals surface area contributed by atoms with E-state index in [0.29, 0.717) is 0 Å². The summed E-state index contributed by atoms with van der Waals surface area (Å²) in [6, 6.07) is 8.70. The molecule has 21 heavy (non-hydrogen) atoms. The molecule has 1 heterocycles. The number of aromatic nitrogens is 1. The number of amides is 1. The van der Waals surface area contributed by atoms with E-state index in [4.69, 9.17) is 5.11 Å². The van der Waals surface area contributed by atoms with Crippen LogP contribution in [0, 0.1) is 6.92 Å². The van der Waals surface area contributed by atoms with Crippen molar-refractivity contribution in [1.82, 2.24) is 9.88 Å². The number of benzene rings is 1. The summed E-state index contributed by atoms with van der Waals surface area (Å²) in [6.07, 6.45) is 0. The summed E-state index contributed by atoms with van der Waals surface area (Å²) < 4.78 is 6.37. The summed E-state index contributed by atoms with van der Waals surface area (Å²) in [5.41, 5.74) is 1.90. The molecule has 0 aliphatic heterocycles. The van der Waals surface area contributed by atoms with Gasteiger partial charge < -0.3 is 19.7 Å². The van der Waals surface area contributed by atoms with Crippen molar-refractivity contribution in [3.8, 4) is 0 Å². The van der Waals surface area contributed by atoms with E-state index in [9.17, 15) is 9.59 Å². The van der Waals surface area contributed by atoms with Crippen LogP contribution >= 0.6 is 0 Å². The average Bonchev–Trinajstić information content (AvgIpc) is 2.80. The number of aliphatic hydroxyl groups excluding tert-OH is 1. The first-order valence-corrected chi connectivity index (χ1v) is 6.59. The second-order valence-electron chi connectivity index (χ2n) is 4.76. The molecule has 1 atom stereocenters. The highest BCUT2D eigenvalue weighted by Crippen LogP contribution is 2.18. The van der Waals surface area contributed by atoms with Crippen LogP contribution in [0.4, 0.5) is 0 Å². The molecule has 112 valence electrons. The van der Waals surface area contributed by atoms with Crippen LogP contribution in [0.25, 0.3) is 10.9 Å². The van der Waals surface area contributed by atoms with Crippen molar-refractivity contribution in [1.29, 1.82) is 0 Å². The molecule has 2 rings (SSSR count). The van der Waals surface area contributed by atoms with E-state index < -0.39 is 18.6 Å². The third kappa shape index (κ3) is 3.22. The quantitative estimate of drug-likeness (QED) is 0.790. The highest BCUT2D eigenvalue weighted by molar-refractivity contribution is 5.87. The number of nitrogens with zero attached hydrogens (tertiary/aromatic N) is 1. The Morgan fingerprint density at radius 2 is 2.10 bits per heavy atom. The summed E-state index contributed by atoms with van der Waals surface area (Å²) in [4.78, 5) is 23.4. The first kappa shape index (κ1) is 15.1. The van der Waals surface area contributed by atoms with Crippen LogP contribution in [0.1, 0.15) is 5.69 Å². The zero-order valence-corrected chi connectivity index (χ0v) is 12.0. The molecule has 0 saturated carbocycles. The summed E-state index contributed by atoms with van der Waals surface area (Å²) in [5, 5.41) is 12.6. The molecule has 2 aromatic rings. The number of hydrogen-bond donors (Lipinski definition) is 2. The van der Waals surface area contributed by atoms with Gasteiger partial charge in [0.2, 0.25) is 5.91 Å². The smallest absolute Gasteiger partial charge is 0.330 e. The normalized spacial score (nSPS) is 12.1. The number of esters is 1. The lowest BCUT2D eigenvalue weighted by Crippen LogP contribution is -2.45. The molecule has 1 aromatic carbocycles. The largest absolute Gasteiger partial charge is 0.467 e. The number of aliphatic hydroxyl groups is 1. The Kier molecular flexibility index (Phi) is 4.59. The minimum absolute atomic E-state index is 0.0762. The number of rotatable bonds is 5. The van der Waals surface area contributed by atoms with Crippen molar-refractivity contribution in [3.63, 3.8) is 0 Å². The van der Waals surface area contributed by atoms with Gasteiger partial charge in [-0.25, -0.2) is 4.79 Å². The van der Waals surface area contributed by atoms with E-state index >= 15 is 0 Å². The molecule has 0 saturated heterocycles. The van der Waals surface area contributed by atoms with Gasteiger partial charge >= 0.3 is 5.97 Å². The number of methoxy groups -OCH3 is 1. The van der Waals surface area contributed by atoms with Crippen LogP contribution in [0.2, 0.25) is 0 Å². The van der Waals surface area contributed by atoms with E-state index in [-0.39, 0.29) is 12.5 Å². The zero-order valence-electron chi connectivity index (χ0n) is 12.0. The summed E-state index contributed by atoms with van der Waals surface area (Å²) in [7, 11) is 1.21. The molecular formula is C15H18N2O4. The molecule has 0 fully saturated rings. The van der Waals surface area contributed by atoms with Gasteiger partial charge in [-0.05, 0) is 24.4 Å². The van der Waals surface area contributed by atoms with E-state index in [1.54, 1.807) is 0 Å². The predicted octanol–water partition coefficient (Wildman–Crippen LogP) is 0.600. The molecule has 1 unspecified atom stereocenters. The van der Waals surface area contributed by atoms with Crippen LogP contribution in [0.15, 0.2) is 30.3 Å². The zero-order chi connectivity index (χ0) is 15.4. The molecule has 2 N–H and O–H groups in total. The van der Waals surface area contributed by atoms with Crippen molar-refractivity contribution >= 4 is 22.8 Å². The molecule has 0 bridgehead atoms. The predicted molar refractivity (Wildman–Crippen MR) is 77.7 cm³/mol. The fourth-order valence-corrected chi connectivity index (χ4v) is 2.26. The number of aryl methyl sites for hydroxylation is 1. The van der Waals surface area contributed by atoms with Gasteiger partial charge in [-0.2, -0.15) is 0 Å². The standard InChI is InChI=1S/C15H18N2O4/c1-10-7-11-5-3-4-6-13(11)17(10)8-14(19)16-12(9-18)15(20)21-2/h3-7,12,18H,8-9H2,1-2H3,(H,16,19). The first-order chi connectivity index (χ1) is 10.1. The van der Waals surface area contributed by atoms with Gasteiger partial charge in [0.25, 0.3) is 0 Å². The van der Waals surface area contributed by atoms with Crippen LogP contribution in [0.3, 0.4) is 0 Å². The van der Waals surface area contributed by atoms with Gasteiger partial charge in [-0.1, -0.05) is 18.2 Å². The average molecular weight is 290 g/mol. The fraction of sp³-hybridized carbons (Fsp3) is 0.333. The molecular weight excluding hydrogens is 272 g/mol. The van der Waals surface area contributed by atoms with E-state index in [0.717, 1.165) is 16.6 Å². The first-order valence-electron chi connectivity index (χ1n) is 6.59. The lowest BCUT2D eigenvalue weighted by molar-refractivity contribution is -0.146. The van der Waals surface area contributed by atoms with Crippen LogP contribution in [-0.2, 0) is 20.9 Å². The Bertz CT molecular complexity index is 663. The number of carbonyl (C=O) groups excluding carboxylic acids is 2. The summed E-state index contributed by atoms with van der Waals surface area (Å²) in [5.74, 6) is -1.02. The van der Waals surface area contributed by atoms with Gasteiger partial charge in [0, 0.05) is 11.2 Å².